The Morgan fingerprint density at radius 1 is 1.13 bits per heavy atom. The first-order valence-corrected chi connectivity index (χ1v) is 7.79. The molecule has 2 N–H and O–H groups in total. The van der Waals surface area contributed by atoms with Crippen molar-refractivity contribution in [2.24, 2.45) is 0 Å². The van der Waals surface area contributed by atoms with Crippen LogP contribution in [0.25, 0.3) is 0 Å². The highest BCUT2D eigenvalue weighted by molar-refractivity contribution is 7.80. The van der Waals surface area contributed by atoms with Crippen molar-refractivity contribution >= 4 is 57.9 Å². The zero-order valence-electron chi connectivity index (χ0n) is 12.4. The molecule has 0 aromatic heterocycles. The lowest BCUT2D eigenvalue weighted by atomic mass is 10.1. The summed E-state index contributed by atoms with van der Waals surface area (Å²) >= 11 is 17.4. The average Bonchev–Trinajstić information content (AvgIpc) is 2.53. The predicted molar refractivity (Wildman–Crippen MR) is 98.8 cm³/mol. The molecule has 0 saturated heterocycles. The van der Waals surface area contributed by atoms with Gasteiger partial charge in [-0.15, -0.1) is 0 Å². The van der Waals surface area contributed by atoms with E-state index in [1.54, 1.807) is 30.3 Å². The van der Waals surface area contributed by atoms with E-state index in [-0.39, 0.29) is 0 Å². The third kappa shape index (κ3) is 4.34. The number of aryl methyl sites for hydroxylation is 1. The Morgan fingerprint density at radius 3 is 2.52 bits per heavy atom. The van der Waals surface area contributed by atoms with E-state index in [1.165, 1.54) is 7.11 Å². The number of carbonyl (C=O) groups is 1. The maximum Gasteiger partial charge on any atom is 0.337 e. The molecule has 4 nitrogen and oxygen atoms in total. The Kier molecular flexibility index (Phi) is 5.82. The number of nitrogens with one attached hydrogen (secondary N) is 2. The largest absolute Gasteiger partial charge is 0.465 e. The summed E-state index contributed by atoms with van der Waals surface area (Å²) < 4.78 is 4.71. The van der Waals surface area contributed by atoms with Gasteiger partial charge in [0.15, 0.2) is 5.11 Å². The number of methoxy groups -OCH3 is 1. The van der Waals surface area contributed by atoms with Crippen LogP contribution in [0, 0.1) is 6.92 Å². The summed E-state index contributed by atoms with van der Waals surface area (Å²) in [6.07, 6.45) is 0. The van der Waals surface area contributed by atoms with Crippen LogP contribution in [0.3, 0.4) is 0 Å². The van der Waals surface area contributed by atoms with Crippen LogP contribution in [0.4, 0.5) is 11.4 Å². The molecular formula is C16H14Cl2N2O2S. The lowest BCUT2D eigenvalue weighted by Crippen LogP contribution is -2.20. The number of benzene rings is 2. The minimum atomic E-state index is -0.412. The van der Waals surface area contributed by atoms with E-state index < -0.39 is 5.97 Å². The first kappa shape index (κ1) is 17.5. The van der Waals surface area contributed by atoms with E-state index in [4.69, 9.17) is 40.2 Å². The molecule has 2 aromatic carbocycles. The maximum atomic E-state index is 11.6. The van der Waals surface area contributed by atoms with Crippen LogP contribution in [0.5, 0.6) is 0 Å². The number of carbonyl (C=O) groups excluding carboxylic acids is 1. The number of hydrogen-bond acceptors (Lipinski definition) is 3. The average molecular weight is 369 g/mol. The number of thiocarbonyl (C=S) groups is 1. The van der Waals surface area contributed by atoms with Gasteiger partial charge in [0.1, 0.15) is 0 Å². The van der Waals surface area contributed by atoms with E-state index in [0.717, 1.165) is 5.56 Å². The Labute approximate surface area is 149 Å². The molecule has 0 unspecified atom stereocenters. The van der Waals surface area contributed by atoms with Gasteiger partial charge in [-0.1, -0.05) is 35.3 Å². The lowest BCUT2D eigenvalue weighted by molar-refractivity contribution is 0.0601. The van der Waals surface area contributed by atoms with Gasteiger partial charge < -0.3 is 15.4 Å². The molecule has 0 aliphatic carbocycles. The molecule has 0 amide bonds. The molecule has 0 aliphatic heterocycles. The summed E-state index contributed by atoms with van der Waals surface area (Å²) in [4.78, 5) is 11.6. The smallest absolute Gasteiger partial charge is 0.337 e. The molecule has 0 spiro atoms. The second-order valence-corrected chi connectivity index (χ2v) is 5.90. The van der Waals surface area contributed by atoms with Gasteiger partial charge in [0, 0.05) is 5.69 Å². The van der Waals surface area contributed by atoms with Crippen LogP contribution in [0.2, 0.25) is 10.0 Å². The third-order valence-corrected chi connectivity index (χ3v) is 4.13. The summed E-state index contributed by atoms with van der Waals surface area (Å²) in [7, 11) is 1.34. The normalized spacial score (nSPS) is 10.1. The zero-order chi connectivity index (χ0) is 17.0. The number of esters is 1. The Bertz CT molecular complexity index is 766. The second kappa shape index (κ2) is 7.64. The first-order valence-electron chi connectivity index (χ1n) is 6.63. The van der Waals surface area contributed by atoms with Crippen LogP contribution in [0.1, 0.15) is 15.9 Å². The lowest BCUT2D eigenvalue weighted by Gasteiger charge is -2.14. The molecule has 0 heterocycles. The van der Waals surface area contributed by atoms with E-state index in [2.05, 4.69) is 10.6 Å². The van der Waals surface area contributed by atoms with Gasteiger partial charge in [-0.2, -0.15) is 0 Å². The van der Waals surface area contributed by atoms with E-state index in [1.807, 2.05) is 13.0 Å². The van der Waals surface area contributed by atoms with Crippen molar-refractivity contribution in [1.29, 1.82) is 0 Å². The topological polar surface area (TPSA) is 50.4 Å². The van der Waals surface area contributed by atoms with Crippen molar-refractivity contribution in [3.63, 3.8) is 0 Å². The Hall–Kier alpha value is -1.82. The van der Waals surface area contributed by atoms with Crippen molar-refractivity contribution in [2.45, 2.75) is 6.92 Å². The zero-order valence-corrected chi connectivity index (χ0v) is 14.8. The fraction of sp³-hybridized carbons (Fsp3) is 0.125. The highest BCUT2D eigenvalue weighted by Gasteiger charge is 2.10. The number of rotatable bonds is 3. The Balaban J connectivity index is 2.17. The predicted octanol–water partition coefficient (Wildman–Crippen LogP) is 4.90. The fourth-order valence-electron chi connectivity index (χ4n) is 1.88. The van der Waals surface area contributed by atoms with E-state index >= 15 is 0 Å². The highest BCUT2D eigenvalue weighted by Crippen LogP contribution is 2.29. The fourth-order valence-corrected chi connectivity index (χ4v) is 2.45. The summed E-state index contributed by atoms with van der Waals surface area (Å²) in [6.45, 7) is 1.90. The van der Waals surface area contributed by atoms with Crippen molar-refractivity contribution in [1.82, 2.24) is 0 Å². The summed E-state index contributed by atoms with van der Waals surface area (Å²) in [5.41, 5.74) is 2.66. The van der Waals surface area contributed by atoms with Gasteiger partial charge in [0.25, 0.3) is 0 Å². The van der Waals surface area contributed by atoms with Crippen LogP contribution in [-0.4, -0.2) is 18.2 Å². The maximum absolute atomic E-state index is 11.6. The van der Waals surface area contributed by atoms with Gasteiger partial charge in [-0.3, -0.25) is 0 Å². The summed E-state index contributed by atoms with van der Waals surface area (Å²) in [5, 5.41) is 7.17. The number of hydrogen-bond donors (Lipinski definition) is 2. The summed E-state index contributed by atoms with van der Waals surface area (Å²) in [6, 6.07) is 10.4. The molecule has 0 saturated carbocycles. The second-order valence-electron chi connectivity index (χ2n) is 4.70. The van der Waals surface area contributed by atoms with Crippen LogP contribution < -0.4 is 10.6 Å². The highest BCUT2D eigenvalue weighted by atomic mass is 35.5. The molecule has 120 valence electrons. The standard InChI is InChI=1S/C16H14Cl2N2O2S/c1-9-6-7-10(15(21)22-2)8-13(9)20-16(23)19-12-5-3-4-11(17)14(12)18/h3-8H,1-2H3,(H2,19,20,23). The molecule has 7 heteroatoms. The van der Waals surface area contributed by atoms with Crippen molar-refractivity contribution < 1.29 is 9.53 Å². The van der Waals surface area contributed by atoms with Crippen molar-refractivity contribution in [2.75, 3.05) is 17.7 Å². The van der Waals surface area contributed by atoms with E-state index in [9.17, 15) is 4.79 Å². The SMILES string of the molecule is COC(=O)c1ccc(C)c(NC(=S)Nc2cccc(Cl)c2Cl)c1. The number of halogens is 2. The van der Waals surface area contributed by atoms with Crippen LogP contribution in [0.15, 0.2) is 36.4 Å². The van der Waals surface area contributed by atoms with Crippen molar-refractivity contribution in [3.05, 3.63) is 57.6 Å². The molecule has 0 bridgehead atoms. The van der Waals surface area contributed by atoms with Gasteiger partial charge >= 0.3 is 5.97 Å². The third-order valence-electron chi connectivity index (χ3n) is 3.11. The quantitative estimate of drug-likeness (QED) is 0.596. The van der Waals surface area contributed by atoms with Crippen molar-refractivity contribution in [3.8, 4) is 0 Å². The molecule has 0 atom stereocenters. The van der Waals surface area contributed by atoms with E-state index in [0.29, 0.717) is 32.1 Å². The number of ether oxygens (including phenoxy) is 1. The Morgan fingerprint density at radius 2 is 1.83 bits per heavy atom. The van der Waals surface area contributed by atoms with Gasteiger partial charge in [0.2, 0.25) is 0 Å². The van der Waals surface area contributed by atoms with Gasteiger partial charge in [-0.25, -0.2) is 4.79 Å². The molecule has 0 fully saturated rings. The monoisotopic (exact) mass is 368 g/mol. The molecule has 0 radical (unpaired) electrons. The molecule has 23 heavy (non-hydrogen) atoms. The molecular weight excluding hydrogens is 355 g/mol. The molecule has 2 rings (SSSR count). The molecule has 2 aromatic rings. The van der Waals surface area contributed by atoms with Gasteiger partial charge in [0.05, 0.1) is 28.4 Å². The first-order chi connectivity index (χ1) is 10.9. The molecule has 0 aliphatic rings. The van der Waals surface area contributed by atoms with Crippen LogP contribution in [-0.2, 0) is 4.74 Å². The minimum Gasteiger partial charge on any atom is -0.465 e. The minimum absolute atomic E-state index is 0.333. The summed E-state index contributed by atoms with van der Waals surface area (Å²) in [5.74, 6) is -0.412. The van der Waals surface area contributed by atoms with Crippen LogP contribution >= 0.6 is 35.4 Å². The number of anilines is 2. The van der Waals surface area contributed by atoms with Gasteiger partial charge in [-0.05, 0) is 49.0 Å².